The van der Waals surface area contributed by atoms with Gasteiger partial charge in [-0.25, -0.2) is 9.78 Å². The van der Waals surface area contributed by atoms with Gasteiger partial charge in [0.1, 0.15) is 11.6 Å². The number of aromatic nitrogens is 1. The minimum Gasteiger partial charge on any atom is -0.493 e. The lowest BCUT2D eigenvalue weighted by molar-refractivity contribution is 0.0950. The van der Waals surface area contributed by atoms with Crippen molar-refractivity contribution >= 4 is 11.9 Å². The Morgan fingerprint density at radius 1 is 1.12 bits per heavy atom. The summed E-state index contributed by atoms with van der Waals surface area (Å²) in [5.74, 6) is 2.87. The normalized spacial score (nSPS) is 25.7. The molecule has 1 saturated heterocycles. The molecule has 1 aromatic rings. The van der Waals surface area contributed by atoms with Crippen molar-refractivity contribution in [2.45, 2.75) is 69.9 Å². The molecule has 4 aliphatic rings. The van der Waals surface area contributed by atoms with Crippen LogP contribution in [0.4, 0.5) is 10.6 Å². The van der Waals surface area contributed by atoms with E-state index in [0.29, 0.717) is 0 Å². The van der Waals surface area contributed by atoms with Gasteiger partial charge < -0.3 is 25.2 Å². The lowest BCUT2D eigenvalue weighted by Gasteiger charge is -2.37. The van der Waals surface area contributed by atoms with Crippen LogP contribution in [0.25, 0.3) is 0 Å². The van der Waals surface area contributed by atoms with E-state index in [2.05, 4.69) is 20.1 Å². The highest BCUT2D eigenvalue weighted by Gasteiger charge is 2.26. The molecule has 3 heterocycles. The third-order valence-corrected chi connectivity index (χ3v) is 7.37. The molecule has 0 bridgehead atoms. The van der Waals surface area contributed by atoms with Crippen molar-refractivity contribution in [3.05, 3.63) is 17.8 Å². The van der Waals surface area contributed by atoms with Crippen LogP contribution in [0.5, 0.6) is 5.75 Å². The van der Waals surface area contributed by atoms with E-state index in [0.717, 1.165) is 102 Å². The van der Waals surface area contributed by atoms with Gasteiger partial charge in [0.05, 0.1) is 12.7 Å². The van der Waals surface area contributed by atoms with E-state index in [1.54, 1.807) is 0 Å². The predicted octanol–water partition coefficient (Wildman–Crippen LogP) is 2.89. The number of carboxylic acid groups (broad SMARTS) is 1. The minimum atomic E-state index is -0.888. The number of fused-ring (bicyclic) bond motifs is 1. The topological polar surface area (TPSA) is 98.2 Å². The first kappa shape index (κ1) is 23.1. The Bertz CT molecular complexity index is 742. The van der Waals surface area contributed by atoms with Crippen LogP contribution >= 0.6 is 0 Å². The third-order valence-electron chi connectivity index (χ3n) is 7.37. The molecule has 1 aromatic heterocycles. The van der Waals surface area contributed by atoms with Gasteiger partial charge in [-0.2, -0.15) is 0 Å². The van der Waals surface area contributed by atoms with E-state index >= 15 is 0 Å². The Morgan fingerprint density at radius 3 is 2.47 bits per heavy atom. The summed E-state index contributed by atoms with van der Waals surface area (Å²) in [6.07, 6.45) is 10.8. The fourth-order valence-corrected chi connectivity index (χ4v) is 5.08. The number of hydrogen-bond acceptors (Lipinski definition) is 6. The molecule has 5 rings (SSSR count). The fourth-order valence-electron chi connectivity index (χ4n) is 5.08. The van der Waals surface area contributed by atoms with Crippen molar-refractivity contribution in [3.63, 3.8) is 0 Å². The number of pyridine rings is 1. The van der Waals surface area contributed by atoms with Gasteiger partial charge in [0.2, 0.25) is 0 Å². The molecule has 0 aromatic carbocycles. The summed E-state index contributed by atoms with van der Waals surface area (Å²) < 4.78 is 5.67. The molecule has 0 spiro atoms. The van der Waals surface area contributed by atoms with E-state index in [1.807, 2.05) is 12.3 Å². The zero-order valence-corrected chi connectivity index (χ0v) is 19.0. The summed E-state index contributed by atoms with van der Waals surface area (Å²) in [7, 11) is 0. The lowest BCUT2D eigenvalue weighted by Crippen LogP contribution is -2.47. The molecule has 0 unspecified atom stereocenters. The Labute approximate surface area is 191 Å². The van der Waals surface area contributed by atoms with Crippen molar-refractivity contribution in [2.24, 2.45) is 5.92 Å². The van der Waals surface area contributed by atoms with Crippen molar-refractivity contribution < 1.29 is 19.7 Å². The average Bonchev–Trinajstić information content (AvgIpc) is 3.27. The van der Waals surface area contributed by atoms with E-state index < -0.39 is 6.09 Å². The first-order valence-electron chi connectivity index (χ1n) is 12.3. The molecule has 8 heteroatoms. The van der Waals surface area contributed by atoms with Gasteiger partial charge in [-0.1, -0.05) is 0 Å². The summed E-state index contributed by atoms with van der Waals surface area (Å²) in [5.41, 5.74) is 1.28. The van der Waals surface area contributed by atoms with Crippen LogP contribution in [0.1, 0.15) is 56.9 Å². The molecule has 3 fully saturated rings. The summed E-state index contributed by atoms with van der Waals surface area (Å²) in [6, 6.07) is 2.13. The number of aliphatic hydroxyl groups is 1. The molecular formula is C24H38N4O4. The zero-order chi connectivity index (χ0) is 22.3. The maximum absolute atomic E-state index is 10.7. The van der Waals surface area contributed by atoms with Gasteiger partial charge in [0, 0.05) is 50.4 Å². The Hall–Kier alpha value is -2.06. The van der Waals surface area contributed by atoms with Gasteiger partial charge in [0.15, 0.2) is 0 Å². The molecule has 2 saturated carbocycles. The van der Waals surface area contributed by atoms with Gasteiger partial charge in [-0.3, -0.25) is 4.90 Å². The second-order valence-corrected chi connectivity index (χ2v) is 9.58. The van der Waals surface area contributed by atoms with Crippen molar-refractivity contribution in [3.8, 4) is 5.75 Å². The maximum atomic E-state index is 10.7. The number of carbonyl (C=O) groups is 1. The van der Waals surface area contributed by atoms with Crippen LogP contribution in [-0.2, 0) is 6.42 Å². The third kappa shape index (κ3) is 6.25. The first-order valence-corrected chi connectivity index (χ1v) is 12.3. The minimum absolute atomic E-state index is 0.0648. The van der Waals surface area contributed by atoms with Crippen LogP contribution in [-0.4, -0.2) is 77.7 Å². The predicted molar refractivity (Wildman–Crippen MR) is 123 cm³/mol. The van der Waals surface area contributed by atoms with Gasteiger partial charge in [-0.05, 0) is 69.9 Å². The molecule has 0 atom stereocenters. The Morgan fingerprint density at radius 2 is 1.84 bits per heavy atom. The molecule has 0 radical (unpaired) electrons. The smallest absolute Gasteiger partial charge is 0.404 e. The van der Waals surface area contributed by atoms with Crippen LogP contribution in [0.15, 0.2) is 12.3 Å². The summed E-state index contributed by atoms with van der Waals surface area (Å²) in [5, 5.41) is 19.9. The molecule has 8 nitrogen and oxygen atoms in total. The SMILES string of the molecule is O=C(O)N[C@H]1CC[C@H](CCN2CCN(c3nccc4c3CCO4)CC2)CC1.OC1CCC1. The van der Waals surface area contributed by atoms with Crippen molar-refractivity contribution in [1.82, 2.24) is 15.2 Å². The van der Waals surface area contributed by atoms with Gasteiger partial charge >= 0.3 is 6.09 Å². The second kappa shape index (κ2) is 11.2. The number of nitrogens with zero attached hydrogens (tertiary/aromatic N) is 3. The first-order chi connectivity index (χ1) is 15.6. The van der Waals surface area contributed by atoms with E-state index in [1.165, 1.54) is 18.4 Å². The fraction of sp³-hybridized carbons (Fsp3) is 0.750. The quantitative estimate of drug-likeness (QED) is 0.640. The number of hydrogen-bond donors (Lipinski definition) is 3. The lowest BCUT2D eigenvalue weighted by atomic mass is 9.84. The summed E-state index contributed by atoms with van der Waals surface area (Å²) in [6.45, 7) is 6.15. The number of rotatable bonds is 5. The van der Waals surface area contributed by atoms with Crippen LogP contribution in [0.3, 0.4) is 0 Å². The molecule has 2 aliphatic carbocycles. The molecule has 1 amide bonds. The van der Waals surface area contributed by atoms with E-state index in [4.69, 9.17) is 14.9 Å². The summed E-state index contributed by atoms with van der Waals surface area (Å²) in [4.78, 5) is 20.3. The van der Waals surface area contributed by atoms with Crippen LogP contribution in [0.2, 0.25) is 0 Å². The highest BCUT2D eigenvalue weighted by Crippen LogP contribution is 2.32. The molecule has 32 heavy (non-hydrogen) atoms. The number of nitrogens with one attached hydrogen (secondary N) is 1. The average molecular weight is 447 g/mol. The molecule has 178 valence electrons. The highest BCUT2D eigenvalue weighted by molar-refractivity contribution is 5.64. The van der Waals surface area contributed by atoms with E-state index in [9.17, 15) is 4.79 Å². The van der Waals surface area contributed by atoms with Crippen molar-refractivity contribution in [2.75, 3.05) is 44.2 Å². The van der Waals surface area contributed by atoms with Gasteiger partial charge in [-0.15, -0.1) is 0 Å². The second-order valence-electron chi connectivity index (χ2n) is 9.58. The number of ether oxygens (including phenoxy) is 1. The largest absolute Gasteiger partial charge is 0.493 e. The highest BCUT2D eigenvalue weighted by atomic mass is 16.5. The number of aliphatic hydroxyl groups excluding tert-OH is 1. The Balaban J connectivity index is 0.000000433. The van der Waals surface area contributed by atoms with Crippen LogP contribution in [0, 0.1) is 5.92 Å². The van der Waals surface area contributed by atoms with Crippen molar-refractivity contribution in [1.29, 1.82) is 0 Å². The summed E-state index contributed by atoms with van der Waals surface area (Å²) >= 11 is 0. The number of piperazine rings is 1. The van der Waals surface area contributed by atoms with Gasteiger partial charge in [0.25, 0.3) is 0 Å². The number of amides is 1. The molecule has 2 aliphatic heterocycles. The number of anilines is 1. The standard InChI is InChI=1S/C20H30N4O3.C4H8O/c25-20(26)22-16-3-1-15(2-4-16)6-9-23-10-12-24(13-11-23)19-17-7-14-27-18(17)5-8-21-19;5-4-2-1-3-4/h5,8,15-16,22H,1-4,6-7,9-14H2,(H,25,26);4-5H,1-3H2/t15-,16-;. The molecular weight excluding hydrogens is 408 g/mol. The zero-order valence-electron chi connectivity index (χ0n) is 19.0. The van der Waals surface area contributed by atoms with E-state index in [-0.39, 0.29) is 12.1 Å². The Kier molecular flexibility index (Phi) is 8.08. The maximum Gasteiger partial charge on any atom is 0.404 e. The van der Waals surface area contributed by atoms with Crippen LogP contribution < -0.4 is 15.0 Å². The molecule has 3 N–H and O–H groups in total. The monoisotopic (exact) mass is 446 g/mol.